The summed E-state index contributed by atoms with van der Waals surface area (Å²) in [5.41, 5.74) is 2.09. The van der Waals surface area contributed by atoms with Gasteiger partial charge in [-0.3, -0.25) is 4.79 Å². The summed E-state index contributed by atoms with van der Waals surface area (Å²) < 4.78 is 5.83. The van der Waals surface area contributed by atoms with Crippen molar-refractivity contribution in [3.05, 3.63) is 53.6 Å². The van der Waals surface area contributed by atoms with Crippen LogP contribution < -0.4 is 5.32 Å². The highest BCUT2D eigenvalue weighted by Gasteiger charge is 2.57. The Kier molecular flexibility index (Phi) is 6.28. The molecule has 1 aromatic carbocycles. The lowest BCUT2D eigenvalue weighted by atomic mass is 9.46. The maximum Gasteiger partial charge on any atom is 0.397 e. The monoisotopic (exact) mass is 469 g/mol. The highest BCUT2D eigenvalue weighted by Crippen LogP contribution is 2.64. The van der Waals surface area contributed by atoms with E-state index >= 15 is 0 Å². The van der Waals surface area contributed by atoms with Crippen LogP contribution in [-0.4, -0.2) is 18.0 Å². The van der Waals surface area contributed by atoms with E-state index in [4.69, 9.17) is 16.3 Å². The largest absolute Gasteiger partial charge is 0.455 e. The predicted molar refractivity (Wildman–Crippen MR) is 133 cm³/mol. The number of carbonyl (C=O) groups excluding carboxylic acids is 2. The number of nitrogens with one attached hydrogen (secondary N) is 1. The second-order valence-corrected chi connectivity index (χ2v) is 11.8. The Balaban J connectivity index is 1.49. The number of amides is 1. The van der Waals surface area contributed by atoms with E-state index in [1.54, 1.807) is 29.8 Å². The Labute approximate surface area is 202 Å². The summed E-state index contributed by atoms with van der Waals surface area (Å²) in [6.07, 6.45) is 10.5. The molecule has 0 aromatic heterocycles. The Morgan fingerprint density at radius 1 is 1.15 bits per heavy atom. The van der Waals surface area contributed by atoms with Crippen molar-refractivity contribution >= 4 is 29.2 Å². The van der Waals surface area contributed by atoms with Crippen LogP contribution in [0.2, 0.25) is 5.02 Å². The minimum atomic E-state index is -0.844. The molecule has 2 fully saturated rings. The lowest BCUT2D eigenvalue weighted by Crippen LogP contribution is -2.55. The molecule has 0 radical (unpaired) electrons. The molecule has 4 nitrogen and oxygen atoms in total. The van der Waals surface area contributed by atoms with Crippen LogP contribution in [0, 0.1) is 28.1 Å². The Hall–Kier alpha value is -2.07. The van der Waals surface area contributed by atoms with Gasteiger partial charge in [0, 0.05) is 5.41 Å². The number of benzene rings is 1. The number of carbonyl (C=O) groups is 2. The van der Waals surface area contributed by atoms with Crippen LogP contribution in [0.15, 0.2) is 48.6 Å². The van der Waals surface area contributed by atoms with Crippen LogP contribution in [0.4, 0.5) is 5.69 Å². The number of ether oxygens (including phenoxy) is 1. The van der Waals surface area contributed by atoms with Gasteiger partial charge in [0.1, 0.15) is 6.10 Å². The number of hydrogen-bond donors (Lipinski definition) is 1. The Morgan fingerprint density at radius 3 is 2.58 bits per heavy atom. The first-order valence-electron chi connectivity index (χ1n) is 12.1. The average molecular weight is 470 g/mol. The fourth-order valence-corrected chi connectivity index (χ4v) is 7.13. The van der Waals surface area contributed by atoms with Crippen LogP contribution in [0.1, 0.15) is 66.2 Å². The molecule has 0 unspecified atom stereocenters. The number of esters is 1. The maximum absolute atomic E-state index is 12.7. The molecular weight excluding hydrogens is 434 g/mol. The molecule has 178 valence electrons. The summed E-state index contributed by atoms with van der Waals surface area (Å²) in [4.78, 5) is 25.2. The number of hydrogen-bond acceptors (Lipinski definition) is 3. The lowest BCUT2D eigenvalue weighted by Gasteiger charge is -2.60. The molecular formula is C28H36ClNO3. The number of halogens is 1. The normalized spacial score (nSPS) is 34.8. The average Bonchev–Trinajstić information content (AvgIpc) is 2.77. The molecule has 1 amide bonds. The molecule has 5 heteroatoms. The van der Waals surface area contributed by atoms with Crippen molar-refractivity contribution in [1.29, 1.82) is 0 Å². The van der Waals surface area contributed by atoms with Gasteiger partial charge in [-0.25, -0.2) is 4.79 Å². The van der Waals surface area contributed by atoms with Gasteiger partial charge < -0.3 is 10.1 Å². The predicted octanol–water partition coefficient (Wildman–Crippen LogP) is 6.96. The van der Waals surface area contributed by atoms with Gasteiger partial charge in [-0.1, -0.05) is 69.2 Å². The van der Waals surface area contributed by atoms with Gasteiger partial charge in [0.2, 0.25) is 0 Å². The molecule has 2 saturated carbocycles. The summed E-state index contributed by atoms with van der Waals surface area (Å²) in [5, 5.41) is 2.97. The maximum atomic E-state index is 12.7. The molecule has 5 atom stereocenters. The first-order valence-corrected chi connectivity index (χ1v) is 12.5. The molecule has 1 aromatic rings. The number of allylic oxidation sites excluding steroid dienone is 3. The van der Waals surface area contributed by atoms with Gasteiger partial charge in [-0.2, -0.15) is 0 Å². The molecule has 1 N–H and O–H groups in total. The molecule has 0 saturated heterocycles. The highest BCUT2D eigenvalue weighted by atomic mass is 35.5. The zero-order valence-electron chi connectivity index (χ0n) is 20.2. The van der Waals surface area contributed by atoms with Gasteiger partial charge in [0.25, 0.3) is 0 Å². The molecule has 0 spiro atoms. The van der Waals surface area contributed by atoms with E-state index in [0.717, 1.165) is 32.1 Å². The third-order valence-corrected chi connectivity index (χ3v) is 9.21. The molecule has 0 bridgehead atoms. The topological polar surface area (TPSA) is 55.4 Å². The second-order valence-electron chi connectivity index (χ2n) is 11.4. The van der Waals surface area contributed by atoms with Gasteiger partial charge in [0.15, 0.2) is 0 Å². The molecule has 33 heavy (non-hydrogen) atoms. The lowest BCUT2D eigenvalue weighted by molar-refractivity contribution is -0.173. The Bertz CT molecular complexity index is 999. The summed E-state index contributed by atoms with van der Waals surface area (Å²) in [7, 11) is 0. The van der Waals surface area contributed by atoms with E-state index in [1.165, 1.54) is 6.42 Å². The quantitative estimate of drug-likeness (QED) is 0.296. The van der Waals surface area contributed by atoms with E-state index in [1.807, 2.05) is 0 Å². The number of rotatable bonds is 3. The number of fused-ring (bicyclic) bond motifs is 3. The summed E-state index contributed by atoms with van der Waals surface area (Å²) >= 11 is 6.11. The zero-order chi connectivity index (χ0) is 24.0. The number of para-hydroxylation sites is 1. The first-order chi connectivity index (χ1) is 15.5. The van der Waals surface area contributed by atoms with Gasteiger partial charge in [-0.15, -0.1) is 6.58 Å². The van der Waals surface area contributed by atoms with Gasteiger partial charge >= 0.3 is 11.9 Å². The number of anilines is 1. The third kappa shape index (κ3) is 4.27. The van der Waals surface area contributed by atoms with Crippen molar-refractivity contribution in [2.24, 2.45) is 28.1 Å². The van der Waals surface area contributed by atoms with Crippen LogP contribution in [0.5, 0.6) is 0 Å². The smallest absolute Gasteiger partial charge is 0.397 e. The van der Waals surface area contributed by atoms with E-state index in [9.17, 15) is 9.59 Å². The van der Waals surface area contributed by atoms with Crippen molar-refractivity contribution in [1.82, 2.24) is 0 Å². The fourth-order valence-electron chi connectivity index (χ4n) is 6.95. The van der Waals surface area contributed by atoms with Gasteiger partial charge in [0.05, 0.1) is 10.7 Å². The Morgan fingerprint density at radius 2 is 1.88 bits per heavy atom. The van der Waals surface area contributed by atoms with E-state index in [0.29, 0.717) is 22.5 Å². The van der Waals surface area contributed by atoms with E-state index in [2.05, 4.69) is 51.7 Å². The molecule has 0 heterocycles. The van der Waals surface area contributed by atoms with Crippen molar-refractivity contribution in [2.75, 3.05) is 5.32 Å². The molecule has 3 aliphatic rings. The van der Waals surface area contributed by atoms with E-state index in [-0.39, 0.29) is 22.3 Å². The van der Waals surface area contributed by atoms with Gasteiger partial charge in [-0.05, 0) is 73.3 Å². The zero-order valence-corrected chi connectivity index (χ0v) is 21.0. The van der Waals surface area contributed by atoms with Crippen molar-refractivity contribution in [2.45, 2.75) is 72.3 Å². The SMILES string of the molecule is C=C[C@@]1(C)CC=C2[C@@H](CC[C@@H]3C(C)(C)[C@H](OC(=O)C(=O)Nc4ccccc4Cl)CC[C@@]23C)C1. The van der Waals surface area contributed by atoms with Crippen molar-refractivity contribution < 1.29 is 14.3 Å². The second kappa shape index (κ2) is 8.61. The highest BCUT2D eigenvalue weighted by molar-refractivity contribution is 6.39. The van der Waals surface area contributed by atoms with Crippen molar-refractivity contribution in [3.8, 4) is 0 Å². The molecule has 4 rings (SSSR count). The first kappa shape index (κ1) is 24.1. The summed E-state index contributed by atoms with van der Waals surface area (Å²) in [6.45, 7) is 13.2. The van der Waals surface area contributed by atoms with Crippen LogP contribution in [0.3, 0.4) is 0 Å². The third-order valence-electron chi connectivity index (χ3n) is 8.88. The fraction of sp³-hybridized carbons (Fsp3) is 0.571. The van der Waals surface area contributed by atoms with Crippen LogP contribution >= 0.6 is 11.6 Å². The van der Waals surface area contributed by atoms with Crippen molar-refractivity contribution in [3.63, 3.8) is 0 Å². The summed E-state index contributed by atoms with van der Waals surface area (Å²) in [6, 6.07) is 6.86. The molecule has 0 aliphatic heterocycles. The minimum Gasteiger partial charge on any atom is -0.455 e. The van der Waals surface area contributed by atoms with Crippen LogP contribution in [-0.2, 0) is 14.3 Å². The van der Waals surface area contributed by atoms with Crippen LogP contribution in [0.25, 0.3) is 0 Å². The molecule has 3 aliphatic carbocycles. The minimum absolute atomic E-state index is 0.109. The standard InChI is InChI=1S/C28H36ClNO3/c1-6-27(4)15-13-19-18(17-27)11-12-22-26(2,3)23(14-16-28(19,22)5)33-25(32)24(31)30-21-10-8-7-9-20(21)29/h6-10,13,18,22-23H,1,11-12,14-17H2,2-5H3,(H,30,31)/t18-,22+,23+,27-,28-/m0/s1. The van der Waals surface area contributed by atoms with E-state index < -0.39 is 11.9 Å². The summed E-state index contributed by atoms with van der Waals surface area (Å²) in [5.74, 6) is -0.614.